The van der Waals surface area contributed by atoms with Gasteiger partial charge in [-0.2, -0.15) is 0 Å². The Morgan fingerprint density at radius 1 is 1.00 bits per heavy atom. The van der Waals surface area contributed by atoms with Crippen molar-refractivity contribution in [2.75, 3.05) is 44.2 Å². The summed E-state index contributed by atoms with van der Waals surface area (Å²) in [7, 11) is 0. The molecule has 2 amide bonds. The van der Waals surface area contributed by atoms with Gasteiger partial charge in [-0.25, -0.2) is 9.59 Å². The van der Waals surface area contributed by atoms with Gasteiger partial charge in [-0.05, 0) is 58.6 Å². The number of carbonyl (C=O) groups is 2. The van der Waals surface area contributed by atoms with Crippen LogP contribution >= 0.6 is 0 Å². The molecular weight excluding hydrogens is 382 g/mol. The van der Waals surface area contributed by atoms with Crippen molar-refractivity contribution in [2.24, 2.45) is 5.92 Å². The molecule has 2 heterocycles. The minimum absolute atomic E-state index is 0.0683. The Labute approximate surface area is 179 Å². The van der Waals surface area contributed by atoms with Gasteiger partial charge in [0.2, 0.25) is 0 Å². The zero-order valence-electron chi connectivity index (χ0n) is 18.7. The van der Waals surface area contributed by atoms with Gasteiger partial charge in [0.05, 0.1) is 12.6 Å². The maximum absolute atomic E-state index is 12.6. The number of amides is 2. The third-order valence-corrected chi connectivity index (χ3v) is 5.78. The molecular formula is C23H35N3O4. The van der Waals surface area contributed by atoms with Gasteiger partial charge in [0.15, 0.2) is 0 Å². The van der Waals surface area contributed by atoms with E-state index in [2.05, 4.69) is 17.0 Å². The average Bonchev–Trinajstić information content (AvgIpc) is 2.73. The first-order chi connectivity index (χ1) is 14.3. The monoisotopic (exact) mass is 417 g/mol. The molecule has 0 N–H and O–H groups in total. The van der Waals surface area contributed by atoms with Crippen LogP contribution in [-0.4, -0.2) is 73.0 Å². The maximum Gasteiger partial charge on any atom is 0.410 e. The van der Waals surface area contributed by atoms with Gasteiger partial charge in [-0.15, -0.1) is 0 Å². The Kier molecular flexibility index (Phi) is 7.10. The van der Waals surface area contributed by atoms with Gasteiger partial charge in [-0.1, -0.05) is 18.2 Å². The second-order valence-corrected chi connectivity index (χ2v) is 9.05. The Hall–Kier alpha value is -2.44. The number of nitrogens with zero attached hydrogens (tertiary/aromatic N) is 3. The lowest BCUT2D eigenvalue weighted by atomic mass is 9.87. The van der Waals surface area contributed by atoms with Gasteiger partial charge in [-0.3, -0.25) is 0 Å². The van der Waals surface area contributed by atoms with E-state index in [1.165, 1.54) is 5.69 Å². The number of hydrogen-bond acceptors (Lipinski definition) is 5. The lowest BCUT2D eigenvalue weighted by molar-refractivity contribution is 0.0109. The van der Waals surface area contributed by atoms with Crippen molar-refractivity contribution in [3.05, 3.63) is 30.3 Å². The number of rotatable bonds is 3. The number of benzene rings is 1. The highest BCUT2D eigenvalue weighted by Crippen LogP contribution is 2.30. The summed E-state index contributed by atoms with van der Waals surface area (Å²) >= 11 is 0. The van der Waals surface area contributed by atoms with Crippen molar-refractivity contribution in [1.82, 2.24) is 9.80 Å². The first kappa shape index (κ1) is 22.2. The fraction of sp³-hybridized carbons (Fsp3) is 0.652. The topological polar surface area (TPSA) is 62.3 Å². The summed E-state index contributed by atoms with van der Waals surface area (Å²) in [5.74, 6) is 0.319. The third-order valence-electron chi connectivity index (χ3n) is 5.78. The molecule has 1 unspecified atom stereocenters. The molecule has 1 atom stereocenters. The van der Waals surface area contributed by atoms with E-state index in [-0.39, 0.29) is 18.2 Å². The molecule has 0 bridgehead atoms. The van der Waals surface area contributed by atoms with Crippen molar-refractivity contribution in [3.63, 3.8) is 0 Å². The summed E-state index contributed by atoms with van der Waals surface area (Å²) in [6, 6.07) is 10.4. The largest absolute Gasteiger partial charge is 0.450 e. The number of likely N-dealkylation sites (tertiary alicyclic amines) is 1. The Balaban J connectivity index is 1.68. The van der Waals surface area contributed by atoms with E-state index in [0.717, 1.165) is 25.9 Å². The van der Waals surface area contributed by atoms with Crippen LogP contribution in [0.15, 0.2) is 30.3 Å². The van der Waals surface area contributed by atoms with Gasteiger partial charge in [0.25, 0.3) is 0 Å². The van der Waals surface area contributed by atoms with E-state index in [1.54, 1.807) is 4.90 Å². The molecule has 1 aromatic rings. The summed E-state index contributed by atoms with van der Waals surface area (Å²) < 4.78 is 10.9. The zero-order valence-corrected chi connectivity index (χ0v) is 18.7. The fourth-order valence-electron chi connectivity index (χ4n) is 4.31. The lowest BCUT2D eigenvalue weighted by Gasteiger charge is -2.47. The second-order valence-electron chi connectivity index (χ2n) is 9.05. The summed E-state index contributed by atoms with van der Waals surface area (Å²) in [5, 5.41) is 0. The minimum Gasteiger partial charge on any atom is -0.450 e. The summed E-state index contributed by atoms with van der Waals surface area (Å²) in [5.41, 5.74) is 0.686. The van der Waals surface area contributed by atoms with E-state index >= 15 is 0 Å². The summed E-state index contributed by atoms with van der Waals surface area (Å²) in [4.78, 5) is 31.1. The van der Waals surface area contributed by atoms with Crippen molar-refractivity contribution in [3.8, 4) is 0 Å². The smallest absolute Gasteiger partial charge is 0.410 e. The first-order valence-corrected chi connectivity index (χ1v) is 11.0. The average molecular weight is 418 g/mol. The normalized spacial score (nSPS) is 20.8. The number of para-hydroxylation sites is 1. The van der Waals surface area contributed by atoms with E-state index in [9.17, 15) is 9.59 Å². The molecule has 0 radical (unpaired) electrons. The lowest BCUT2D eigenvalue weighted by Crippen LogP contribution is -2.59. The summed E-state index contributed by atoms with van der Waals surface area (Å²) in [6.07, 6.45) is 1.22. The molecule has 1 aromatic carbocycles. The highest BCUT2D eigenvalue weighted by Gasteiger charge is 2.39. The molecule has 2 fully saturated rings. The first-order valence-electron chi connectivity index (χ1n) is 11.0. The Morgan fingerprint density at radius 3 is 2.27 bits per heavy atom. The predicted molar refractivity (Wildman–Crippen MR) is 117 cm³/mol. The van der Waals surface area contributed by atoms with Crippen molar-refractivity contribution in [1.29, 1.82) is 0 Å². The van der Waals surface area contributed by atoms with E-state index in [0.29, 0.717) is 32.2 Å². The Bertz CT molecular complexity index is 711. The quantitative estimate of drug-likeness (QED) is 0.744. The van der Waals surface area contributed by atoms with Crippen molar-refractivity contribution < 1.29 is 19.1 Å². The molecule has 2 aliphatic heterocycles. The zero-order chi connectivity index (χ0) is 21.7. The van der Waals surface area contributed by atoms with Gasteiger partial charge in [0, 0.05) is 38.4 Å². The molecule has 3 rings (SSSR count). The van der Waals surface area contributed by atoms with Crippen LogP contribution in [-0.2, 0) is 9.47 Å². The number of piperazine rings is 1. The van der Waals surface area contributed by atoms with Crippen LogP contribution in [0.5, 0.6) is 0 Å². The number of ether oxygens (including phenoxy) is 2. The fourth-order valence-corrected chi connectivity index (χ4v) is 4.31. The number of piperidine rings is 1. The number of anilines is 1. The van der Waals surface area contributed by atoms with Crippen LogP contribution in [0.4, 0.5) is 15.3 Å². The maximum atomic E-state index is 12.6. The number of carbonyl (C=O) groups excluding carboxylic acids is 2. The molecule has 0 aliphatic carbocycles. The van der Waals surface area contributed by atoms with E-state index in [1.807, 2.05) is 50.8 Å². The van der Waals surface area contributed by atoms with Crippen LogP contribution in [0, 0.1) is 5.92 Å². The Morgan fingerprint density at radius 2 is 1.67 bits per heavy atom. The van der Waals surface area contributed by atoms with Crippen LogP contribution in [0.3, 0.4) is 0 Å². The standard InChI is InChI=1S/C23H35N3O4/c1-5-29-22(28)26-16-15-25(19-9-7-6-8-10-19)17-20(26)18-11-13-24(14-12-18)21(27)30-23(2,3)4/h6-10,18,20H,5,11-17H2,1-4H3. The van der Waals surface area contributed by atoms with Crippen molar-refractivity contribution in [2.45, 2.75) is 52.2 Å². The van der Waals surface area contributed by atoms with Crippen LogP contribution < -0.4 is 4.90 Å². The van der Waals surface area contributed by atoms with Gasteiger partial charge >= 0.3 is 12.2 Å². The molecule has 30 heavy (non-hydrogen) atoms. The highest BCUT2D eigenvalue weighted by molar-refractivity contribution is 5.69. The second kappa shape index (κ2) is 9.58. The molecule has 7 heteroatoms. The van der Waals surface area contributed by atoms with Crippen LogP contribution in [0.25, 0.3) is 0 Å². The predicted octanol–water partition coefficient (Wildman–Crippen LogP) is 3.98. The van der Waals surface area contributed by atoms with Crippen LogP contribution in [0.2, 0.25) is 0 Å². The molecule has 0 saturated carbocycles. The molecule has 2 aliphatic rings. The molecule has 2 saturated heterocycles. The molecule has 7 nitrogen and oxygen atoms in total. The summed E-state index contributed by atoms with van der Waals surface area (Å²) in [6.45, 7) is 11.4. The molecule has 0 aromatic heterocycles. The molecule has 0 spiro atoms. The van der Waals surface area contributed by atoms with Gasteiger partial charge < -0.3 is 24.2 Å². The number of hydrogen-bond donors (Lipinski definition) is 0. The van der Waals surface area contributed by atoms with E-state index in [4.69, 9.17) is 9.47 Å². The van der Waals surface area contributed by atoms with E-state index < -0.39 is 5.60 Å². The third kappa shape index (κ3) is 5.58. The highest BCUT2D eigenvalue weighted by atomic mass is 16.6. The SMILES string of the molecule is CCOC(=O)N1CCN(c2ccccc2)CC1C1CCN(C(=O)OC(C)(C)C)CC1. The van der Waals surface area contributed by atoms with Crippen LogP contribution in [0.1, 0.15) is 40.5 Å². The van der Waals surface area contributed by atoms with Crippen molar-refractivity contribution >= 4 is 17.9 Å². The molecule has 166 valence electrons. The van der Waals surface area contributed by atoms with Gasteiger partial charge in [0.1, 0.15) is 5.60 Å². The minimum atomic E-state index is -0.492.